The minimum Gasteiger partial charge on any atom is -0.416 e. The highest BCUT2D eigenvalue weighted by Gasteiger charge is 2.19. The predicted molar refractivity (Wildman–Crippen MR) is 63.6 cm³/mol. The van der Waals surface area contributed by atoms with Crippen LogP contribution >= 0.6 is 11.8 Å². The fourth-order valence-electron chi connectivity index (χ4n) is 1.19. The van der Waals surface area contributed by atoms with E-state index in [1.54, 1.807) is 14.0 Å². The molecule has 2 aromatic rings. The van der Waals surface area contributed by atoms with E-state index in [0.717, 1.165) is 11.8 Å². The number of nitro groups is 1. The lowest BCUT2D eigenvalue weighted by Gasteiger charge is -2.02. The molecule has 94 valence electrons. The standard InChI is InChI=1S/C9H9N5O3S/c1-5-12-13-9(17-5)18-8-6(14(15)16)3-4-7(10-2)11-8/h3-4H,1-2H3,(H,10,11). The van der Waals surface area contributed by atoms with E-state index < -0.39 is 4.92 Å². The van der Waals surface area contributed by atoms with Gasteiger partial charge in [0, 0.05) is 20.0 Å². The zero-order valence-corrected chi connectivity index (χ0v) is 10.4. The van der Waals surface area contributed by atoms with E-state index in [1.165, 1.54) is 12.1 Å². The number of nitrogens with zero attached hydrogens (tertiary/aromatic N) is 4. The Labute approximate surface area is 106 Å². The van der Waals surface area contributed by atoms with E-state index in [9.17, 15) is 10.1 Å². The number of rotatable bonds is 4. The second-order valence-corrected chi connectivity index (χ2v) is 4.16. The first kappa shape index (κ1) is 12.3. The molecule has 0 aliphatic carbocycles. The van der Waals surface area contributed by atoms with Gasteiger partial charge in [-0.05, 0) is 17.8 Å². The second-order valence-electron chi connectivity index (χ2n) is 3.22. The third-order valence-electron chi connectivity index (χ3n) is 1.98. The molecule has 1 N–H and O–H groups in total. The van der Waals surface area contributed by atoms with Crippen molar-refractivity contribution < 1.29 is 9.34 Å². The number of aromatic nitrogens is 3. The summed E-state index contributed by atoms with van der Waals surface area (Å²) in [6.07, 6.45) is 0. The average molecular weight is 267 g/mol. The van der Waals surface area contributed by atoms with Crippen LogP contribution in [-0.2, 0) is 0 Å². The molecule has 0 unspecified atom stereocenters. The van der Waals surface area contributed by atoms with E-state index in [4.69, 9.17) is 4.42 Å². The number of nitrogens with one attached hydrogen (secondary N) is 1. The fourth-order valence-corrected chi connectivity index (χ4v) is 1.99. The quantitative estimate of drug-likeness (QED) is 0.660. The van der Waals surface area contributed by atoms with Crippen LogP contribution in [0, 0.1) is 17.0 Å². The van der Waals surface area contributed by atoms with E-state index in [-0.39, 0.29) is 15.9 Å². The van der Waals surface area contributed by atoms with Crippen LogP contribution in [-0.4, -0.2) is 27.2 Å². The molecule has 0 saturated heterocycles. The van der Waals surface area contributed by atoms with Crippen LogP contribution in [0.25, 0.3) is 0 Å². The van der Waals surface area contributed by atoms with E-state index in [0.29, 0.717) is 11.7 Å². The molecule has 0 radical (unpaired) electrons. The third-order valence-corrected chi connectivity index (χ3v) is 2.82. The average Bonchev–Trinajstić information content (AvgIpc) is 2.74. The number of hydrogen-bond donors (Lipinski definition) is 1. The molecular weight excluding hydrogens is 258 g/mol. The Kier molecular flexibility index (Phi) is 3.42. The molecule has 0 atom stereocenters. The van der Waals surface area contributed by atoms with Gasteiger partial charge >= 0.3 is 5.69 Å². The van der Waals surface area contributed by atoms with Gasteiger partial charge in [0.2, 0.25) is 5.89 Å². The van der Waals surface area contributed by atoms with Gasteiger partial charge in [-0.25, -0.2) is 4.98 Å². The summed E-state index contributed by atoms with van der Waals surface area (Å²) in [5.74, 6) is 0.921. The van der Waals surface area contributed by atoms with Gasteiger partial charge < -0.3 is 9.73 Å². The summed E-state index contributed by atoms with van der Waals surface area (Å²) in [4.78, 5) is 14.5. The van der Waals surface area contributed by atoms with Crippen LogP contribution in [0.1, 0.15) is 5.89 Å². The van der Waals surface area contributed by atoms with Crippen molar-refractivity contribution >= 4 is 23.3 Å². The molecule has 0 amide bonds. The van der Waals surface area contributed by atoms with Gasteiger partial charge in [0.05, 0.1) is 4.92 Å². The smallest absolute Gasteiger partial charge is 0.302 e. The summed E-state index contributed by atoms with van der Waals surface area (Å²) >= 11 is 0.960. The zero-order valence-electron chi connectivity index (χ0n) is 9.58. The first-order chi connectivity index (χ1) is 8.60. The van der Waals surface area contributed by atoms with Crippen molar-refractivity contribution in [2.24, 2.45) is 0 Å². The summed E-state index contributed by atoms with van der Waals surface area (Å²) in [5, 5.41) is 21.5. The van der Waals surface area contributed by atoms with Crippen molar-refractivity contribution in [2.75, 3.05) is 12.4 Å². The van der Waals surface area contributed by atoms with Crippen LogP contribution in [0.3, 0.4) is 0 Å². The van der Waals surface area contributed by atoms with Gasteiger partial charge in [0.15, 0.2) is 5.03 Å². The lowest BCUT2D eigenvalue weighted by Crippen LogP contribution is -1.97. The van der Waals surface area contributed by atoms with Gasteiger partial charge in [-0.2, -0.15) is 0 Å². The van der Waals surface area contributed by atoms with E-state index >= 15 is 0 Å². The van der Waals surface area contributed by atoms with Gasteiger partial charge in [-0.3, -0.25) is 10.1 Å². The number of aryl methyl sites for hydroxylation is 1. The molecule has 0 aliphatic heterocycles. The minimum absolute atomic E-state index is 0.102. The molecule has 8 nitrogen and oxygen atoms in total. The highest BCUT2D eigenvalue weighted by atomic mass is 32.2. The zero-order chi connectivity index (χ0) is 13.1. The van der Waals surface area contributed by atoms with Crippen LogP contribution in [0.4, 0.5) is 11.5 Å². The van der Waals surface area contributed by atoms with Crippen molar-refractivity contribution in [1.82, 2.24) is 15.2 Å². The molecule has 2 heterocycles. The van der Waals surface area contributed by atoms with Crippen molar-refractivity contribution in [2.45, 2.75) is 17.2 Å². The van der Waals surface area contributed by atoms with Crippen molar-refractivity contribution in [3.63, 3.8) is 0 Å². The summed E-state index contributed by atoms with van der Waals surface area (Å²) < 4.78 is 5.15. The Hall–Kier alpha value is -2.16. The Balaban J connectivity index is 2.37. The summed E-state index contributed by atoms with van der Waals surface area (Å²) in [6.45, 7) is 1.64. The van der Waals surface area contributed by atoms with Crippen LogP contribution in [0.5, 0.6) is 0 Å². The first-order valence-electron chi connectivity index (χ1n) is 4.91. The van der Waals surface area contributed by atoms with E-state index in [1.807, 2.05) is 0 Å². The number of pyridine rings is 1. The molecule has 0 bridgehead atoms. The maximum absolute atomic E-state index is 10.9. The molecule has 0 saturated carbocycles. The van der Waals surface area contributed by atoms with Gasteiger partial charge in [0.1, 0.15) is 5.82 Å². The third kappa shape index (κ3) is 2.56. The van der Waals surface area contributed by atoms with E-state index in [2.05, 4.69) is 20.5 Å². The van der Waals surface area contributed by atoms with Crippen LogP contribution < -0.4 is 5.32 Å². The fraction of sp³-hybridized carbons (Fsp3) is 0.222. The molecule has 18 heavy (non-hydrogen) atoms. The molecule has 0 spiro atoms. The molecule has 0 aromatic carbocycles. The Morgan fingerprint density at radius 1 is 1.44 bits per heavy atom. The van der Waals surface area contributed by atoms with Crippen molar-refractivity contribution in [3.8, 4) is 0 Å². The Morgan fingerprint density at radius 3 is 2.78 bits per heavy atom. The van der Waals surface area contributed by atoms with Crippen LogP contribution in [0.15, 0.2) is 26.8 Å². The monoisotopic (exact) mass is 267 g/mol. The highest BCUT2D eigenvalue weighted by molar-refractivity contribution is 7.99. The Morgan fingerprint density at radius 2 is 2.22 bits per heavy atom. The lowest BCUT2D eigenvalue weighted by molar-refractivity contribution is -0.388. The molecule has 0 fully saturated rings. The first-order valence-corrected chi connectivity index (χ1v) is 5.73. The topological polar surface area (TPSA) is 107 Å². The van der Waals surface area contributed by atoms with Crippen molar-refractivity contribution in [3.05, 3.63) is 28.1 Å². The summed E-state index contributed by atoms with van der Waals surface area (Å²) in [5.41, 5.74) is -0.102. The molecule has 2 rings (SSSR count). The lowest BCUT2D eigenvalue weighted by atomic mass is 10.4. The van der Waals surface area contributed by atoms with Gasteiger partial charge in [-0.15, -0.1) is 10.2 Å². The number of hydrogen-bond acceptors (Lipinski definition) is 8. The van der Waals surface area contributed by atoms with Crippen molar-refractivity contribution in [1.29, 1.82) is 0 Å². The largest absolute Gasteiger partial charge is 0.416 e. The van der Waals surface area contributed by atoms with Gasteiger partial charge in [0.25, 0.3) is 5.22 Å². The molecule has 2 aromatic heterocycles. The summed E-state index contributed by atoms with van der Waals surface area (Å²) in [7, 11) is 1.68. The molecule has 9 heteroatoms. The number of anilines is 1. The maximum atomic E-state index is 10.9. The minimum atomic E-state index is -0.502. The molecular formula is C9H9N5O3S. The molecule has 0 aliphatic rings. The normalized spacial score (nSPS) is 10.3. The predicted octanol–water partition coefficient (Wildman–Crippen LogP) is 1.87. The second kappa shape index (κ2) is 5.00. The summed E-state index contributed by atoms with van der Waals surface area (Å²) in [6, 6.07) is 2.91. The maximum Gasteiger partial charge on any atom is 0.302 e. The van der Waals surface area contributed by atoms with Crippen LogP contribution in [0.2, 0.25) is 0 Å². The highest BCUT2D eigenvalue weighted by Crippen LogP contribution is 2.33. The Bertz CT molecular complexity index is 585. The SMILES string of the molecule is CNc1ccc([N+](=O)[O-])c(Sc2nnc(C)o2)n1. The van der Waals surface area contributed by atoms with Gasteiger partial charge in [-0.1, -0.05) is 0 Å².